The fourth-order valence-corrected chi connectivity index (χ4v) is 2.58. The number of H-pyrrole nitrogens is 1. The van der Waals surface area contributed by atoms with E-state index in [-0.39, 0.29) is 31.8 Å². The zero-order valence-corrected chi connectivity index (χ0v) is 15.8. The molecule has 0 saturated heterocycles. The number of hydrogen-bond donors (Lipinski definition) is 5. The van der Waals surface area contributed by atoms with Crippen molar-refractivity contribution in [3.8, 4) is 0 Å². The molecule has 1 amide bonds. The van der Waals surface area contributed by atoms with Crippen LogP contribution in [0.1, 0.15) is 19.0 Å². The molecule has 0 aliphatic carbocycles. The summed E-state index contributed by atoms with van der Waals surface area (Å²) in [5, 5.41) is 22.4. The average molecular weight is 412 g/mol. The third-order valence-electron chi connectivity index (χ3n) is 3.93. The lowest BCUT2D eigenvalue weighted by atomic mass is 10.1. The number of aliphatic hydroxyl groups excluding tert-OH is 2. The molecule has 160 valence electrons. The van der Waals surface area contributed by atoms with Crippen molar-refractivity contribution in [3.05, 3.63) is 29.7 Å². The summed E-state index contributed by atoms with van der Waals surface area (Å²) >= 11 is 0. The van der Waals surface area contributed by atoms with Crippen molar-refractivity contribution in [3.63, 3.8) is 0 Å². The predicted molar refractivity (Wildman–Crippen MR) is 96.0 cm³/mol. The van der Waals surface area contributed by atoms with Crippen LogP contribution in [0.15, 0.2) is 24.0 Å². The van der Waals surface area contributed by atoms with E-state index in [1.807, 2.05) is 0 Å². The first kappa shape index (κ1) is 22.2. The average Bonchev–Trinajstić information content (AvgIpc) is 3.29. The molecule has 1 aromatic heterocycles. The molecule has 3 atom stereocenters. The maximum Gasteiger partial charge on any atom is 0.378 e. The van der Waals surface area contributed by atoms with Crippen LogP contribution in [-0.4, -0.2) is 76.0 Å². The molecule has 0 radical (unpaired) electrons. The Kier molecular flexibility index (Phi) is 7.98. The van der Waals surface area contributed by atoms with E-state index < -0.39 is 48.5 Å². The fraction of sp³-hybridized carbons (Fsp3) is 0.529. The van der Waals surface area contributed by atoms with E-state index in [1.54, 1.807) is 6.92 Å². The first-order valence-electron chi connectivity index (χ1n) is 8.95. The van der Waals surface area contributed by atoms with Gasteiger partial charge >= 0.3 is 11.9 Å². The molecule has 0 unspecified atom stereocenters. The van der Waals surface area contributed by atoms with Crippen LogP contribution in [0.4, 0.5) is 0 Å². The Morgan fingerprint density at radius 2 is 2.24 bits per heavy atom. The number of amides is 1. The molecular formula is C17H24N4O8. The van der Waals surface area contributed by atoms with Crippen LogP contribution in [0.2, 0.25) is 0 Å². The second-order valence-electron chi connectivity index (χ2n) is 6.11. The molecule has 12 heteroatoms. The number of carbonyl (C=O) groups is 3. The Bertz CT molecular complexity index is 749. The molecule has 29 heavy (non-hydrogen) atoms. The zero-order valence-electron chi connectivity index (χ0n) is 15.8. The lowest BCUT2D eigenvalue weighted by Crippen LogP contribution is -2.45. The number of hydrogen-bond acceptors (Lipinski definition) is 10. The molecule has 0 spiro atoms. The molecule has 0 fully saturated rings. The van der Waals surface area contributed by atoms with Gasteiger partial charge in [-0.2, -0.15) is 0 Å². The van der Waals surface area contributed by atoms with Gasteiger partial charge in [-0.15, -0.1) is 0 Å². The van der Waals surface area contributed by atoms with E-state index in [9.17, 15) is 24.6 Å². The maximum atomic E-state index is 12.5. The van der Waals surface area contributed by atoms with Gasteiger partial charge in [-0.05, 0) is 6.92 Å². The zero-order chi connectivity index (χ0) is 21.4. The Labute approximate surface area is 166 Å². The highest BCUT2D eigenvalue weighted by Crippen LogP contribution is 2.25. The number of esters is 2. The number of ether oxygens (including phenoxy) is 3. The third-order valence-corrected chi connectivity index (χ3v) is 3.93. The van der Waals surface area contributed by atoms with Crippen LogP contribution in [-0.2, 0) is 35.0 Å². The molecule has 1 aromatic rings. The van der Waals surface area contributed by atoms with Crippen LogP contribution in [0.3, 0.4) is 0 Å². The molecule has 2 rings (SSSR count). The van der Waals surface area contributed by atoms with E-state index >= 15 is 0 Å². The molecule has 0 bridgehead atoms. The van der Waals surface area contributed by atoms with Crippen LogP contribution in [0.25, 0.3) is 0 Å². The van der Waals surface area contributed by atoms with Crippen molar-refractivity contribution in [2.24, 2.45) is 5.73 Å². The van der Waals surface area contributed by atoms with Gasteiger partial charge in [0, 0.05) is 31.3 Å². The van der Waals surface area contributed by atoms with Crippen molar-refractivity contribution >= 4 is 17.8 Å². The number of nitrogens with two attached hydrogens (primary N) is 1. The number of imidazole rings is 1. The second kappa shape index (κ2) is 10.4. The SMILES string of the molecule is CCOC1=C(O)C(=O)O[C@@H]1[C@@H](O)COC(=O)[C@H](Cc1cnc[nH]1)NC(=O)CCN. The fourth-order valence-electron chi connectivity index (χ4n) is 2.58. The standard InChI is InChI=1S/C17H24N4O8/c1-2-27-15-13(24)17(26)29-14(15)11(22)7-28-16(25)10(21-12(23)3-4-18)5-9-6-19-8-20-9/h6,8,10-11,14,22,24H,2-5,7,18H2,1H3,(H,19,20)(H,21,23)/t10-,11-,14+/m0/s1. The van der Waals surface area contributed by atoms with Crippen molar-refractivity contribution in [1.82, 2.24) is 15.3 Å². The van der Waals surface area contributed by atoms with E-state index in [0.717, 1.165) is 0 Å². The monoisotopic (exact) mass is 412 g/mol. The maximum absolute atomic E-state index is 12.5. The van der Waals surface area contributed by atoms with Crippen molar-refractivity contribution in [2.75, 3.05) is 19.8 Å². The molecule has 1 aliphatic heterocycles. The minimum absolute atomic E-state index is 0.0230. The summed E-state index contributed by atoms with van der Waals surface area (Å²) in [6.07, 6.45) is 0.217. The van der Waals surface area contributed by atoms with Gasteiger partial charge in [-0.1, -0.05) is 0 Å². The smallest absolute Gasteiger partial charge is 0.378 e. The number of aromatic nitrogens is 2. The normalized spacial score (nSPS) is 18.2. The molecule has 0 saturated carbocycles. The number of cyclic esters (lactones) is 1. The first-order valence-corrected chi connectivity index (χ1v) is 8.95. The summed E-state index contributed by atoms with van der Waals surface area (Å²) in [5.41, 5.74) is 5.92. The number of nitrogens with one attached hydrogen (secondary N) is 2. The van der Waals surface area contributed by atoms with E-state index in [2.05, 4.69) is 15.3 Å². The van der Waals surface area contributed by atoms with Gasteiger partial charge in [0.15, 0.2) is 11.9 Å². The number of carbonyl (C=O) groups excluding carboxylic acids is 3. The van der Waals surface area contributed by atoms with Gasteiger partial charge in [-0.25, -0.2) is 14.6 Å². The number of aromatic amines is 1. The summed E-state index contributed by atoms with van der Waals surface area (Å²) in [5.74, 6) is -3.28. The minimum Gasteiger partial charge on any atom is -0.499 e. The molecule has 12 nitrogen and oxygen atoms in total. The van der Waals surface area contributed by atoms with E-state index in [4.69, 9.17) is 19.9 Å². The Morgan fingerprint density at radius 1 is 1.48 bits per heavy atom. The van der Waals surface area contributed by atoms with Gasteiger partial charge in [0.1, 0.15) is 18.8 Å². The molecule has 1 aliphatic rings. The predicted octanol–water partition coefficient (Wildman–Crippen LogP) is -1.58. The van der Waals surface area contributed by atoms with Crippen molar-refractivity contribution < 1.29 is 38.8 Å². The Balaban J connectivity index is 1.99. The summed E-state index contributed by atoms with van der Waals surface area (Å²) in [7, 11) is 0. The number of rotatable bonds is 11. The Hall–Kier alpha value is -3.12. The highest BCUT2D eigenvalue weighted by atomic mass is 16.6. The number of aliphatic hydroxyl groups is 2. The van der Waals surface area contributed by atoms with Crippen LogP contribution in [0.5, 0.6) is 0 Å². The van der Waals surface area contributed by atoms with E-state index in [1.165, 1.54) is 12.5 Å². The van der Waals surface area contributed by atoms with Gasteiger partial charge in [-0.3, -0.25) is 4.79 Å². The second-order valence-corrected chi connectivity index (χ2v) is 6.11. The Morgan fingerprint density at radius 3 is 2.86 bits per heavy atom. The van der Waals surface area contributed by atoms with E-state index in [0.29, 0.717) is 5.69 Å². The third kappa shape index (κ3) is 5.93. The van der Waals surface area contributed by atoms with Gasteiger partial charge in [0.05, 0.1) is 12.9 Å². The topological polar surface area (TPSA) is 186 Å². The largest absolute Gasteiger partial charge is 0.499 e. The van der Waals surface area contributed by atoms with Gasteiger partial charge < -0.3 is 40.5 Å². The van der Waals surface area contributed by atoms with Gasteiger partial charge in [0.2, 0.25) is 11.7 Å². The highest BCUT2D eigenvalue weighted by molar-refractivity contribution is 5.89. The lowest BCUT2D eigenvalue weighted by Gasteiger charge is -2.21. The van der Waals surface area contributed by atoms with Crippen LogP contribution in [0, 0.1) is 0 Å². The minimum atomic E-state index is -1.48. The summed E-state index contributed by atoms with van der Waals surface area (Å²) in [6, 6.07) is -1.05. The summed E-state index contributed by atoms with van der Waals surface area (Å²) in [6.45, 7) is 1.29. The van der Waals surface area contributed by atoms with Crippen LogP contribution >= 0.6 is 0 Å². The summed E-state index contributed by atoms with van der Waals surface area (Å²) < 4.78 is 15.1. The molecule has 6 N–H and O–H groups in total. The van der Waals surface area contributed by atoms with Crippen molar-refractivity contribution in [2.45, 2.75) is 38.0 Å². The molecular weight excluding hydrogens is 388 g/mol. The summed E-state index contributed by atoms with van der Waals surface area (Å²) in [4.78, 5) is 42.4. The van der Waals surface area contributed by atoms with Crippen LogP contribution < -0.4 is 11.1 Å². The highest BCUT2D eigenvalue weighted by Gasteiger charge is 2.41. The lowest BCUT2D eigenvalue weighted by molar-refractivity contribution is -0.157. The number of nitrogens with zero attached hydrogens (tertiary/aromatic N) is 1. The quantitative estimate of drug-likeness (QED) is 0.266. The van der Waals surface area contributed by atoms with Gasteiger partial charge in [0.25, 0.3) is 0 Å². The molecule has 2 heterocycles. The molecule has 0 aromatic carbocycles. The van der Waals surface area contributed by atoms with Crippen molar-refractivity contribution in [1.29, 1.82) is 0 Å². The first-order chi connectivity index (χ1) is 13.9.